The van der Waals surface area contributed by atoms with Crippen molar-refractivity contribution in [3.63, 3.8) is 0 Å². The van der Waals surface area contributed by atoms with E-state index >= 15 is 0 Å². The molecule has 9 heteroatoms. The van der Waals surface area contributed by atoms with Gasteiger partial charge in [0.1, 0.15) is 19.3 Å². The van der Waals surface area contributed by atoms with Gasteiger partial charge in [0.15, 0.2) is 0 Å². The van der Waals surface area contributed by atoms with E-state index in [9.17, 15) is 14.3 Å². The normalized spacial score (nSPS) is 14.4. The maximum absolute atomic E-state index is 12.3. The minimum Gasteiger partial charge on any atom is -0.756 e. The Bertz CT molecular complexity index is 782. The Labute approximate surface area is 277 Å². The van der Waals surface area contributed by atoms with Crippen molar-refractivity contribution in [2.75, 3.05) is 54.1 Å². The predicted molar refractivity (Wildman–Crippen MR) is 185 cm³/mol. The Morgan fingerprint density at radius 2 is 1.22 bits per heavy atom. The maximum Gasteiger partial charge on any atom is 0.306 e. The van der Waals surface area contributed by atoms with E-state index in [-0.39, 0.29) is 25.8 Å². The number of nitrogens with zero attached hydrogens (tertiary/aromatic N) is 1. The summed E-state index contributed by atoms with van der Waals surface area (Å²) >= 11 is 0. The second-order valence-electron chi connectivity index (χ2n) is 13.2. The molecule has 0 fully saturated rings. The molecule has 0 aliphatic carbocycles. The van der Waals surface area contributed by atoms with Crippen LogP contribution in [0.2, 0.25) is 0 Å². The topological polar surface area (TPSA) is 94.1 Å². The maximum atomic E-state index is 12.3. The molecule has 0 heterocycles. The van der Waals surface area contributed by atoms with Gasteiger partial charge < -0.3 is 27.9 Å². The van der Waals surface area contributed by atoms with Gasteiger partial charge in [-0.25, -0.2) is 0 Å². The molecule has 2 atom stereocenters. The summed E-state index contributed by atoms with van der Waals surface area (Å²) in [6.45, 7) is 5.25. The van der Waals surface area contributed by atoms with Gasteiger partial charge in [-0.3, -0.25) is 9.36 Å². The molecule has 0 spiro atoms. The highest BCUT2D eigenvalue weighted by molar-refractivity contribution is 7.45. The van der Waals surface area contributed by atoms with Gasteiger partial charge in [-0.15, -0.1) is 0 Å². The molecule has 0 aliphatic rings. The van der Waals surface area contributed by atoms with Crippen LogP contribution in [0.3, 0.4) is 0 Å². The lowest BCUT2D eigenvalue weighted by Crippen LogP contribution is -2.37. The molecule has 0 aromatic carbocycles. The minimum atomic E-state index is -4.50. The van der Waals surface area contributed by atoms with E-state index in [1.54, 1.807) is 0 Å². The summed E-state index contributed by atoms with van der Waals surface area (Å²) in [6.07, 6.45) is 31.0. The highest BCUT2D eigenvalue weighted by atomic mass is 31.2. The van der Waals surface area contributed by atoms with Gasteiger partial charge in [0.25, 0.3) is 7.82 Å². The zero-order chi connectivity index (χ0) is 33.5. The van der Waals surface area contributed by atoms with Gasteiger partial charge in [0, 0.05) is 13.0 Å². The van der Waals surface area contributed by atoms with Crippen LogP contribution in [0.4, 0.5) is 0 Å². The van der Waals surface area contributed by atoms with Crippen LogP contribution >= 0.6 is 7.82 Å². The number of ether oxygens (including phenoxy) is 2. The quantitative estimate of drug-likeness (QED) is 0.0228. The van der Waals surface area contributed by atoms with Crippen LogP contribution in [-0.2, 0) is 27.9 Å². The molecule has 0 amide bonds. The lowest BCUT2D eigenvalue weighted by atomic mass is 10.1. The largest absolute Gasteiger partial charge is 0.756 e. The first-order chi connectivity index (χ1) is 21.6. The van der Waals surface area contributed by atoms with Crippen LogP contribution in [0.25, 0.3) is 0 Å². The molecule has 0 aromatic heterocycles. The van der Waals surface area contributed by atoms with Crippen LogP contribution in [0, 0.1) is 0 Å². The molecule has 0 radical (unpaired) electrons. The van der Waals surface area contributed by atoms with Gasteiger partial charge in [-0.05, 0) is 44.9 Å². The lowest BCUT2D eigenvalue weighted by Gasteiger charge is -2.28. The summed E-state index contributed by atoms with van der Waals surface area (Å²) in [5, 5.41) is 0. The molecule has 8 nitrogen and oxygen atoms in total. The van der Waals surface area contributed by atoms with Crippen LogP contribution < -0.4 is 4.89 Å². The van der Waals surface area contributed by atoms with Crippen LogP contribution in [-0.4, -0.2) is 70.7 Å². The van der Waals surface area contributed by atoms with E-state index in [1.165, 1.54) is 77.0 Å². The van der Waals surface area contributed by atoms with Crippen molar-refractivity contribution in [3.8, 4) is 0 Å². The second kappa shape index (κ2) is 30.3. The number of phosphoric acid groups is 1. The molecule has 0 aliphatic heterocycles. The Kier molecular flexibility index (Phi) is 29.6. The SMILES string of the molecule is CCCCCC/C=C\C/C=C\CCCCCCCCCCOCC(COP(=O)([O-])OCC[N+](C)(C)C)OC(=O)CCCCCC. The number of hydrogen-bond acceptors (Lipinski definition) is 7. The molecule has 45 heavy (non-hydrogen) atoms. The summed E-state index contributed by atoms with van der Waals surface area (Å²) in [7, 11) is 1.35. The highest BCUT2D eigenvalue weighted by Gasteiger charge is 2.20. The fraction of sp³-hybridized carbons (Fsp3) is 0.861. The fourth-order valence-electron chi connectivity index (χ4n) is 4.63. The first-order valence-electron chi connectivity index (χ1n) is 18.1. The molecule has 0 N–H and O–H groups in total. The Morgan fingerprint density at radius 1 is 0.689 bits per heavy atom. The number of quaternary nitrogens is 1. The molecular weight excluding hydrogens is 589 g/mol. The van der Waals surface area contributed by atoms with E-state index in [1.807, 2.05) is 21.1 Å². The van der Waals surface area contributed by atoms with Crippen LogP contribution in [0.5, 0.6) is 0 Å². The standard InChI is InChI=1S/C36H70NO7P/c1-6-8-10-12-13-14-15-16-17-18-19-20-21-22-23-24-25-26-28-31-41-33-35(44-36(38)29-27-11-9-7-2)34-43-45(39,40)42-32-30-37(3,4)5/h14-15,17-18,35H,6-13,16,19-34H2,1-5H3/b15-14-,18-17-. The van der Waals surface area contributed by atoms with Crippen LogP contribution in [0.15, 0.2) is 24.3 Å². The molecular formula is C36H70NO7P. The molecule has 0 bridgehead atoms. The first-order valence-corrected chi connectivity index (χ1v) is 19.5. The van der Waals surface area contributed by atoms with E-state index in [2.05, 4.69) is 38.2 Å². The van der Waals surface area contributed by atoms with Crippen molar-refractivity contribution in [2.45, 2.75) is 148 Å². The fourth-order valence-corrected chi connectivity index (χ4v) is 5.36. The van der Waals surface area contributed by atoms with Gasteiger partial charge in [-0.1, -0.05) is 115 Å². The Hall–Kier alpha value is -1.02. The van der Waals surface area contributed by atoms with E-state index in [0.29, 0.717) is 24.1 Å². The Balaban J connectivity index is 4.05. The number of likely N-dealkylation sites (N-methyl/N-ethyl adjacent to an activating group) is 1. The van der Waals surface area contributed by atoms with Crippen molar-refractivity contribution >= 4 is 13.8 Å². The average Bonchev–Trinajstić information content (AvgIpc) is 2.98. The summed E-state index contributed by atoms with van der Waals surface area (Å²) in [5.74, 6) is -0.355. The van der Waals surface area contributed by atoms with Gasteiger partial charge in [-0.2, -0.15) is 0 Å². The molecule has 0 saturated heterocycles. The van der Waals surface area contributed by atoms with Crippen molar-refractivity contribution in [1.82, 2.24) is 0 Å². The molecule has 0 saturated carbocycles. The molecule has 0 aromatic rings. The van der Waals surface area contributed by atoms with Crippen molar-refractivity contribution < 1.29 is 37.3 Å². The van der Waals surface area contributed by atoms with Crippen molar-refractivity contribution in [3.05, 3.63) is 24.3 Å². The number of carbonyl (C=O) groups is 1. The third kappa shape index (κ3) is 34.1. The van der Waals surface area contributed by atoms with E-state index < -0.39 is 13.9 Å². The third-order valence-corrected chi connectivity index (χ3v) is 8.47. The summed E-state index contributed by atoms with van der Waals surface area (Å²) in [5.41, 5.74) is 0. The number of esters is 1. The first kappa shape index (κ1) is 44.0. The highest BCUT2D eigenvalue weighted by Crippen LogP contribution is 2.38. The molecule has 266 valence electrons. The number of unbranched alkanes of at least 4 members (excludes halogenated alkanes) is 15. The molecule has 0 rings (SSSR count). The zero-order valence-electron chi connectivity index (χ0n) is 29.8. The minimum absolute atomic E-state index is 0.0252. The summed E-state index contributed by atoms with van der Waals surface area (Å²) < 4.78 is 34.1. The van der Waals surface area contributed by atoms with Gasteiger partial charge >= 0.3 is 5.97 Å². The number of phosphoric ester groups is 1. The number of hydrogen-bond donors (Lipinski definition) is 0. The van der Waals surface area contributed by atoms with E-state index in [4.69, 9.17) is 18.5 Å². The van der Waals surface area contributed by atoms with E-state index in [0.717, 1.165) is 44.9 Å². The lowest BCUT2D eigenvalue weighted by molar-refractivity contribution is -0.870. The zero-order valence-corrected chi connectivity index (χ0v) is 30.7. The molecule has 2 unspecified atom stereocenters. The number of rotatable bonds is 33. The smallest absolute Gasteiger partial charge is 0.306 e. The Morgan fingerprint density at radius 3 is 1.80 bits per heavy atom. The summed E-state index contributed by atoms with van der Waals surface area (Å²) in [6, 6.07) is 0. The number of allylic oxidation sites excluding steroid dienone is 4. The van der Waals surface area contributed by atoms with Crippen LogP contribution in [0.1, 0.15) is 142 Å². The average molecular weight is 660 g/mol. The predicted octanol–water partition coefficient (Wildman–Crippen LogP) is 9.08. The van der Waals surface area contributed by atoms with Gasteiger partial charge in [0.2, 0.25) is 0 Å². The van der Waals surface area contributed by atoms with Crippen molar-refractivity contribution in [2.24, 2.45) is 0 Å². The summed E-state index contributed by atoms with van der Waals surface area (Å²) in [4.78, 5) is 24.5. The monoisotopic (exact) mass is 659 g/mol. The number of carbonyl (C=O) groups excluding carboxylic acids is 1. The van der Waals surface area contributed by atoms with Crippen molar-refractivity contribution in [1.29, 1.82) is 0 Å². The third-order valence-electron chi connectivity index (χ3n) is 7.51. The van der Waals surface area contributed by atoms with Gasteiger partial charge in [0.05, 0.1) is 34.4 Å². The second-order valence-corrected chi connectivity index (χ2v) is 14.6.